The van der Waals surface area contributed by atoms with E-state index in [4.69, 9.17) is 0 Å². The first-order valence-corrected chi connectivity index (χ1v) is 5.93. The van der Waals surface area contributed by atoms with Gasteiger partial charge in [-0.05, 0) is 19.1 Å². The number of rotatable bonds is 3. The zero-order valence-electron chi connectivity index (χ0n) is 8.90. The fraction of sp³-hybridized carbons (Fsp3) is 0.273. The Balaban J connectivity index is 1.94. The summed E-state index contributed by atoms with van der Waals surface area (Å²) in [6, 6.07) is 7.80. The Morgan fingerprint density at radius 2 is 2.00 bits per heavy atom. The number of carbonyl (C=O) groups is 2. The Hall–Kier alpha value is -1.49. The van der Waals surface area contributed by atoms with Crippen molar-refractivity contribution in [1.82, 2.24) is 4.90 Å². The lowest BCUT2D eigenvalue weighted by Gasteiger charge is -2.14. The van der Waals surface area contributed by atoms with Crippen LogP contribution in [0.3, 0.4) is 0 Å². The minimum atomic E-state index is -0.176. The van der Waals surface area contributed by atoms with Crippen molar-refractivity contribution < 1.29 is 9.59 Å². The summed E-state index contributed by atoms with van der Waals surface area (Å²) in [5.74, 6) is 0.128. The first-order valence-electron chi connectivity index (χ1n) is 4.94. The van der Waals surface area contributed by atoms with Crippen LogP contribution in [0, 0.1) is 6.92 Å². The lowest BCUT2D eigenvalue weighted by Crippen LogP contribution is -2.33. The summed E-state index contributed by atoms with van der Waals surface area (Å²) in [5.41, 5.74) is 2.08. The van der Waals surface area contributed by atoms with Gasteiger partial charge in [-0.25, -0.2) is 0 Å². The van der Waals surface area contributed by atoms with Crippen molar-refractivity contribution >= 4 is 28.6 Å². The van der Waals surface area contributed by atoms with E-state index in [1.165, 1.54) is 10.5 Å². The number of hydrogen-bond acceptors (Lipinski definition) is 4. The highest BCUT2D eigenvalue weighted by Crippen LogP contribution is 2.18. The normalized spacial score (nSPS) is 15.7. The minimum Gasteiger partial charge on any atom is -0.367 e. The van der Waals surface area contributed by atoms with Gasteiger partial charge in [-0.15, -0.1) is 0 Å². The second kappa shape index (κ2) is 4.57. The molecule has 4 nitrogen and oxygen atoms in total. The molecule has 0 radical (unpaired) electrons. The van der Waals surface area contributed by atoms with E-state index in [2.05, 4.69) is 5.32 Å². The van der Waals surface area contributed by atoms with Gasteiger partial charge < -0.3 is 5.32 Å². The molecule has 2 amide bonds. The molecule has 0 aliphatic carbocycles. The van der Waals surface area contributed by atoms with E-state index in [1.54, 1.807) is 0 Å². The van der Waals surface area contributed by atoms with Crippen LogP contribution in [0.4, 0.5) is 10.5 Å². The summed E-state index contributed by atoms with van der Waals surface area (Å²) in [6.07, 6.45) is 0. The summed E-state index contributed by atoms with van der Waals surface area (Å²) in [6.45, 7) is 2.25. The van der Waals surface area contributed by atoms with Crippen LogP contribution < -0.4 is 5.32 Å². The van der Waals surface area contributed by atoms with Gasteiger partial charge in [-0.1, -0.05) is 29.5 Å². The Kier molecular flexibility index (Phi) is 3.14. The molecule has 0 spiro atoms. The first kappa shape index (κ1) is 11.0. The van der Waals surface area contributed by atoms with Gasteiger partial charge in [0.2, 0.25) is 5.91 Å². The molecular formula is C11H12N2O2S. The molecule has 1 aliphatic rings. The van der Waals surface area contributed by atoms with Crippen molar-refractivity contribution in [3.63, 3.8) is 0 Å². The highest BCUT2D eigenvalue weighted by molar-refractivity contribution is 8.14. The third kappa shape index (κ3) is 2.36. The molecule has 1 saturated heterocycles. The molecule has 1 aliphatic heterocycles. The SMILES string of the molecule is Cc1ccc(NCN2C(=O)CSC2=O)cc1. The lowest BCUT2D eigenvalue weighted by molar-refractivity contribution is -0.124. The number of hydrogen-bond donors (Lipinski definition) is 1. The fourth-order valence-electron chi connectivity index (χ4n) is 1.38. The second-order valence-electron chi connectivity index (χ2n) is 3.58. The maximum Gasteiger partial charge on any atom is 0.290 e. The van der Waals surface area contributed by atoms with E-state index in [9.17, 15) is 9.59 Å². The molecule has 1 heterocycles. The Morgan fingerprint density at radius 1 is 1.31 bits per heavy atom. The van der Waals surface area contributed by atoms with E-state index in [1.807, 2.05) is 31.2 Å². The zero-order chi connectivity index (χ0) is 11.5. The van der Waals surface area contributed by atoms with Crippen LogP contribution >= 0.6 is 11.8 Å². The molecule has 0 unspecified atom stereocenters. The molecule has 5 heteroatoms. The highest BCUT2D eigenvalue weighted by Gasteiger charge is 2.29. The van der Waals surface area contributed by atoms with Crippen LogP contribution in [0.5, 0.6) is 0 Å². The lowest BCUT2D eigenvalue weighted by atomic mass is 10.2. The first-order chi connectivity index (χ1) is 7.66. The smallest absolute Gasteiger partial charge is 0.290 e. The fourth-order valence-corrected chi connectivity index (χ4v) is 2.10. The Bertz CT molecular complexity index is 400. The largest absolute Gasteiger partial charge is 0.367 e. The number of carbonyl (C=O) groups excluding carboxylic acids is 2. The minimum absolute atomic E-state index is 0.130. The van der Waals surface area contributed by atoms with Crippen LogP contribution in [0.15, 0.2) is 24.3 Å². The molecule has 16 heavy (non-hydrogen) atoms. The van der Waals surface area contributed by atoms with Crippen molar-refractivity contribution in [1.29, 1.82) is 0 Å². The van der Waals surface area contributed by atoms with E-state index in [-0.39, 0.29) is 23.6 Å². The Morgan fingerprint density at radius 3 is 2.56 bits per heavy atom. The van der Waals surface area contributed by atoms with Gasteiger partial charge in [0, 0.05) is 5.69 Å². The molecule has 84 valence electrons. The molecule has 0 saturated carbocycles. The highest BCUT2D eigenvalue weighted by atomic mass is 32.2. The van der Waals surface area contributed by atoms with E-state index in [0.29, 0.717) is 0 Å². The van der Waals surface area contributed by atoms with E-state index in [0.717, 1.165) is 17.4 Å². The van der Waals surface area contributed by atoms with Gasteiger partial charge in [0.05, 0.1) is 12.4 Å². The van der Waals surface area contributed by atoms with Crippen molar-refractivity contribution in [2.75, 3.05) is 17.7 Å². The molecule has 0 bridgehead atoms. The average molecular weight is 236 g/mol. The quantitative estimate of drug-likeness (QED) is 0.872. The third-order valence-corrected chi connectivity index (χ3v) is 3.19. The predicted octanol–water partition coefficient (Wildman–Crippen LogP) is 2.06. The van der Waals surface area contributed by atoms with Crippen LogP contribution in [0.1, 0.15) is 5.56 Å². The summed E-state index contributed by atoms with van der Waals surface area (Å²) < 4.78 is 0. The van der Waals surface area contributed by atoms with Gasteiger partial charge in [-0.3, -0.25) is 14.5 Å². The molecular weight excluding hydrogens is 224 g/mol. The number of anilines is 1. The standard InChI is InChI=1S/C11H12N2O2S/c1-8-2-4-9(5-3-8)12-7-13-10(14)6-16-11(13)15/h2-5,12H,6-7H2,1H3. The summed E-state index contributed by atoms with van der Waals surface area (Å²) in [7, 11) is 0. The molecule has 1 aromatic carbocycles. The van der Waals surface area contributed by atoms with Crippen LogP contribution in [0.25, 0.3) is 0 Å². The molecule has 2 rings (SSSR count). The molecule has 1 N–H and O–H groups in total. The summed E-state index contributed by atoms with van der Waals surface area (Å²) >= 11 is 1.05. The summed E-state index contributed by atoms with van der Waals surface area (Å²) in [5, 5.41) is 2.87. The van der Waals surface area contributed by atoms with Crippen LogP contribution in [0.2, 0.25) is 0 Å². The van der Waals surface area contributed by atoms with E-state index >= 15 is 0 Å². The average Bonchev–Trinajstić information content (AvgIpc) is 2.59. The number of nitrogens with zero attached hydrogens (tertiary/aromatic N) is 1. The summed E-state index contributed by atoms with van der Waals surface area (Å²) in [4.78, 5) is 23.8. The number of nitrogens with one attached hydrogen (secondary N) is 1. The van der Waals surface area contributed by atoms with E-state index < -0.39 is 0 Å². The van der Waals surface area contributed by atoms with Crippen LogP contribution in [-0.4, -0.2) is 28.5 Å². The molecule has 1 aromatic rings. The van der Waals surface area contributed by atoms with Gasteiger partial charge >= 0.3 is 0 Å². The van der Waals surface area contributed by atoms with Crippen molar-refractivity contribution in [3.05, 3.63) is 29.8 Å². The van der Waals surface area contributed by atoms with Gasteiger partial charge in [0.25, 0.3) is 5.24 Å². The number of imide groups is 1. The van der Waals surface area contributed by atoms with Crippen molar-refractivity contribution in [3.8, 4) is 0 Å². The van der Waals surface area contributed by atoms with Gasteiger partial charge in [0.1, 0.15) is 0 Å². The molecule has 0 atom stereocenters. The second-order valence-corrected chi connectivity index (χ2v) is 4.50. The van der Waals surface area contributed by atoms with Gasteiger partial charge in [0.15, 0.2) is 0 Å². The number of benzene rings is 1. The van der Waals surface area contributed by atoms with Crippen molar-refractivity contribution in [2.24, 2.45) is 0 Å². The Labute approximate surface area is 98.0 Å². The van der Waals surface area contributed by atoms with Crippen LogP contribution in [-0.2, 0) is 4.79 Å². The van der Waals surface area contributed by atoms with Gasteiger partial charge in [-0.2, -0.15) is 0 Å². The third-order valence-electron chi connectivity index (χ3n) is 2.33. The topological polar surface area (TPSA) is 49.4 Å². The zero-order valence-corrected chi connectivity index (χ0v) is 9.71. The number of amides is 2. The maximum atomic E-state index is 11.3. The molecule has 0 aromatic heterocycles. The number of thioether (sulfide) groups is 1. The maximum absolute atomic E-state index is 11.3. The van der Waals surface area contributed by atoms with Crippen molar-refractivity contribution in [2.45, 2.75) is 6.92 Å². The monoisotopic (exact) mass is 236 g/mol. The molecule has 1 fully saturated rings. The predicted molar refractivity (Wildman–Crippen MR) is 64.4 cm³/mol. The number of aryl methyl sites for hydroxylation is 1.